The maximum atomic E-state index is 12.2. The van der Waals surface area contributed by atoms with Gasteiger partial charge in [0.05, 0.1) is 5.75 Å². The fourth-order valence-electron chi connectivity index (χ4n) is 3.62. The Morgan fingerprint density at radius 2 is 1.80 bits per heavy atom. The van der Waals surface area contributed by atoms with Crippen molar-refractivity contribution in [2.45, 2.75) is 58.4 Å². The molecule has 0 amide bonds. The van der Waals surface area contributed by atoms with Gasteiger partial charge in [-0.1, -0.05) is 13.8 Å². The van der Waals surface area contributed by atoms with Crippen molar-refractivity contribution in [1.29, 1.82) is 0 Å². The Morgan fingerprint density at radius 1 is 1.10 bits per heavy atom. The van der Waals surface area contributed by atoms with E-state index in [2.05, 4.69) is 23.9 Å². The van der Waals surface area contributed by atoms with Gasteiger partial charge in [0.1, 0.15) is 0 Å². The second kappa shape index (κ2) is 7.23. The summed E-state index contributed by atoms with van der Waals surface area (Å²) in [5.41, 5.74) is 0. The van der Waals surface area contributed by atoms with Gasteiger partial charge in [0.2, 0.25) is 10.0 Å². The molecule has 1 saturated carbocycles. The van der Waals surface area contributed by atoms with E-state index in [-0.39, 0.29) is 6.04 Å². The lowest BCUT2D eigenvalue weighted by molar-refractivity contribution is 0.249. The molecule has 0 aromatic rings. The van der Waals surface area contributed by atoms with Crippen LogP contribution in [-0.4, -0.2) is 33.3 Å². The molecule has 3 unspecified atom stereocenters. The predicted molar refractivity (Wildman–Crippen MR) is 83.1 cm³/mol. The van der Waals surface area contributed by atoms with Crippen LogP contribution in [0.15, 0.2) is 0 Å². The molecule has 0 radical (unpaired) electrons. The normalized spacial score (nSPS) is 33.2. The van der Waals surface area contributed by atoms with E-state index in [0.717, 1.165) is 57.5 Å². The van der Waals surface area contributed by atoms with Crippen LogP contribution in [0.2, 0.25) is 0 Å². The Hall–Kier alpha value is -0.130. The van der Waals surface area contributed by atoms with E-state index in [1.807, 2.05) is 0 Å². The molecule has 0 aromatic carbocycles. The molecule has 5 heteroatoms. The summed E-state index contributed by atoms with van der Waals surface area (Å²) in [5.74, 6) is 2.08. The lowest BCUT2D eigenvalue weighted by Crippen LogP contribution is -2.43. The quantitative estimate of drug-likeness (QED) is 0.818. The molecule has 2 N–H and O–H groups in total. The van der Waals surface area contributed by atoms with E-state index in [4.69, 9.17) is 0 Å². The standard InChI is InChI=1S/C15H30N2O2S/c1-12-3-4-15(13(2)11-12)17-20(18,19)10-7-14-5-8-16-9-6-14/h12-17H,3-11H2,1-2H3. The van der Waals surface area contributed by atoms with Gasteiger partial charge in [0.25, 0.3) is 0 Å². The number of hydrogen-bond donors (Lipinski definition) is 2. The molecule has 1 saturated heterocycles. The van der Waals surface area contributed by atoms with Gasteiger partial charge < -0.3 is 5.32 Å². The minimum absolute atomic E-state index is 0.157. The van der Waals surface area contributed by atoms with Gasteiger partial charge in [-0.25, -0.2) is 13.1 Å². The Bertz CT molecular complexity index is 391. The summed E-state index contributed by atoms with van der Waals surface area (Å²) in [4.78, 5) is 0. The van der Waals surface area contributed by atoms with Gasteiger partial charge in [0.15, 0.2) is 0 Å². The van der Waals surface area contributed by atoms with Crippen LogP contribution in [-0.2, 0) is 10.0 Å². The molecule has 1 aliphatic carbocycles. The predicted octanol–water partition coefficient (Wildman–Crippen LogP) is 2.12. The third kappa shape index (κ3) is 5.01. The number of sulfonamides is 1. The molecule has 2 aliphatic rings. The third-order valence-corrected chi connectivity index (χ3v) is 6.45. The molecule has 2 fully saturated rings. The average Bonchev–Trinajstić information content (AvgIpc) is 2.41. The highest BCUT2D eigenvalue weighted by Gasteiger charge is 2.29. The maximum absolute atomic E-state index is 12.2. The molecule has 118 valence electrons. The topological polar surface area (TPSA) is 58.2 Å². The van der Waals surface area contributed by atoms with Crippen molar-refractivity contribution < 1.29 is 8.42 Å². The van der Waals surface area contributed by atoms with E-state index in [0.29, 0.717) is 17.6 Å². The zero-order chi connectivity index (χ0) is 14.6. The highest BCUT2D eigenvalue weighted by molar-refractivity contribution is 7.89. The first kappa shape index (κ1) is 16.2. The molecule has 0 spiro atoms. The van der Waals surface area contributed by atoms with Crippen molar-refractivity contribution >= 4 is 10.0 Å². The first-order valence-corrected chi connectivity index (χ1v) is 9.82. The highest BCUT2D eigenvalue weighted by atomic mass is 32.2. The lowest BCUT2D eigenvalue weighted by atomic mass is 9.80. The molecule has 1 heterocycles. The van der Waals surface area contributed by atoms with Crippen molar-refractivity contribution in [3.63, 3.8) is 0 Å². The van der Waals surface area contributed by atoms with E-state index >= 15 is 0 Å². The molecule has 3 atom stereocenters. The summed E-state index contributed by atoms with van der Waals surface area (Å²) in [6.07, 6.45) is 6.33. The van der Waals surface area contributed by atoms with Crippen molar-refractivity contribution in [1.82, 2.24) is 10.0 Å². The van der Waals surface area contributed by atoms with Gasteiger partial charge >= 0.3 is 0 Å². The van der Waals surface area contributed by atoms with Crippen LogP contribution in [0.3, 0.4) is 0 Å². The maximum Gasteiger partial charge on any atom is 0.211 e. The zero-order valence-electron chi connectivity index (χ0n) is 12.9. The Labute approximate surface area is 124 Å². The van der Waals surface area contributed by atoms with Crippen LogP contribution in [0.1, 0.15) is 52.4 Å². The largest absolute Gasteiger partial charge is 0.317 e. The minimum atomic E-state index is -3.10. The van der Waals surface area contributed by atoms with Crippen molar-refractivity contribution in [2.24, 2.45) is 17.8 Å². The zero-order valence-corrected chi connectivity index (χ0v) is 13.7. The number of hydrogen-bond acceptors (Lipinski definition) is 3. The molecule has 4 nitrogen and oxygen atoms in total. The lowest BCUT2D eigenvalue weighted by Gasteiger charge is -2.33. The molecule has 0 aromatic heterocycles. The van der Waals surface area contributed by atoms with E-state index < -0.39 is 10.0 Å². The minimum Gasteiger partial charge on any atom is -0.317 e. The van der Waals surface area contributed by atoms with E-state index in [9.17, 15) is 8.42 Å². The van der Waals surface area contributed by atoms with Crippen molar-refractivity contribution in [3.8, 4) is 0 Å². The molecular formula is C15H30N2O2S. The molecule has 20 heavy (non-hydrogen) atoms. The first-order valence-electron chi connectivity index (χ1n) is 8.17. The summed E-state index contributed by atoms with van der Waals surface area (Å²) >= 11 is 0. The average molecular weight is 302 g/mol. The van der Waals surface area contributed by atoms with Gasteiger partial charge in [-0.05, 0) is 69.4 Å². The SMILES string of the molecule is CC1CCC(NS(=O)(=O)CCC2CCNCC2)C(C)C1. The number of rotatable bonds is 5. The second-order valence-corrected chi connectivity index (χ2v) is 8.79. The summed E-state index contributed by atoms with van der Waals surface area (Å²) in [6.45, 7) is 6.51. The van der Waals surface area contributed by atoms with Crippen LogP contribution >= 0.6 is 0 Å². The molecule has 2 rings (SSSR count). The molecule has 1 aliphatic heterocycles. The second-order valence-electron chi connectivity index (χ2n) is 6.92. The van der Waals surface area contributed by atoms with Crippen molar-refractivity contribution in [3.05, 3.63) is 0 Å². The van der Waals surface area contributed by atoms with Crippen LogP contribution in [0.4, 0.5) is 0 Å². The van der Waals surface area contributed by atoms with Crippen LogP contribution in [0.5, 0.6) is 0 Å². The summed E-state index contributed by atoms with van der Waals surface area (Å²) in [5, 5.41) is 3.32. The van der Waals surface area contributed by atoms with E-state index in [1.165, 1.54) is 0 Å². The Kier molecular flexibility index (Phi) is 5.87. The Balaban J connectivity index is 1.78. The smallest absolute Gasteiger partial charge is 0.211 e. The van der Waals surface area contributed by atoms with Gasteiger partial charge in [-0.2, -0.15) is 0 Å². The summed E-state index contributed by atoms with van der Waals surface area (Å²) in [6, 6.07) is 0.157. The van der Waals surface area contributed by atoms with Crippen LogP contribution in [0, 0.1) is 17.8 Å². The number of piperidine rings is 1. The Morgan fingerprint density at radius 3 is 2.45 bits per heavy atom. The summed E-state index contributed by atoms with van der Waals surface area (Å²) < 4.78 is 27.4. The van der Waals surface area contributed by atoms with Gasteiger partial charge in [-0.3, -0.25) is 0 Å². The van der Waals surface area contributed by atoms with Crippen LogP contribution in [0.25, 0.3) is 0 Å². The van der Waals surface area contributed by atoms with Crippen LogP contribution < -0.4 is 10.0 Å². The van der Waals surface area contributed by atoms with E-state index in [1.54, 1.807) is 0 Å². The first-order chi connectivity index (χ1) is 9.46. The van der Waals surface area contributed by atoms with Gasteiger partial charge in [0, 0.05) is 6.04 Å². The third-order valence-electron chi connectivity index (χ3n) is 5.02. The monoisotopic (exact) mass is 302 g/mol. The number of nitrogens with one attached hydrogen (secondary N) is 2. The van der Waals surface area contributed by atoms with Crippen molar-refractivity contribution in [2.75, 3.05) is 18.8 Å². The molecule has 0 bridgehead atoms. The summed E-state index contributed by atoms with van der Waals surface area (Å²) in [7, 11) is -3.10. The molecular weight excluding hydrogens is 272 g/mol. The van der Waals surface area contributed by atoms with Gasteiger partial charge in [-0.15, -0.1) is 0 Å². The highest BCUT2D eigenvalue weighted by Crippen LogP contribution is 2.29. The fraction of sp³-hybridized carbons (Fsp3) is 1.00. The fourth-order valence-corrected chi connectivity index (χ4v) is 5.20.